The minimum absolute atomic E-state index is 0.103. The normalized spacial score (nSPS) is 25.2. The lowest BCUT2D eigenvalue weighted by Gasteiger charge is -2.25. The van der Waals surface area contributed by atoms with Crippen molar-refractivity contribution in [1.29, 1.82) is 0 Å². The van der Waals surface area contributed by atoms with E-state index in [0.717, 1.165) is 31.0 Å². The van der Waals surface area contributed by atoms with Gasteiger partial charge in [0.1, 0.15) is 5.60 Å². The summed E-state index contributed by atoms with van der Waals surface area (Å²) in [5.74, 6) is 1.62. The highest BCUT2D eigenvalue weighted by Crippen LogP contribution is 2.31. The third kappa shape index (κ3) is 2.23. The van der Waals surface area contributed by atoms with Gasteiger partial charge in [-0.1, -0.05) is 12.1 Å². The lowest BCUT2D eigenvalue weighted by molar-refractivity contribution is 0.106. The van der Waals surface area contributed by atoms with Gasteiger partial charge >= 0.3 is 0 Å². The van der Waals surface area contributed by atoms with E-state index >= 15 is 0 Å². The Morgan fingerprint density at radius 2 is 2.00 bits per heavy atom. The van der Waals surface area contributed by atoms with Gasteiger partial charge in [0.15, 0.2) is 11.5 Å². The average Bonchev–Trinajstić information content (AvgIpc) is 2.66. The number of hydrogen-bond acceptors (Lipinski definition) is 3. The molecule has 1 aliphatic rings. The lowest BCUT2D eigenvalue weighted by atomic mass is 10.1. The number of para-hydroxylation sites is 2. The zero-order valence-corrected chi connectivity index (χ0v) is 9.25. The van der Waals surface area contributed by atoms with Crippen molar-refractivity contribution < 1.29 is 9.47 Å². The van der Waals surface area contributed by atoms with Crippen LogP contribution < -0.4 is 14.8 Å². The highest BCUT2D eigenvalue weighted by Gasteiger charge is 2.31. The zero-order valence-electron chi connectivity index (χ0n) is 9.25. The number of methoxy groups -OCH3 is 1. The van der Waals surface area contributed by atoms with Crippen molar-refractivity contribution in [3.8, 4) is 11.5 Å². The standard InChI is InChI=1S/C12H17NO2/c1-12(7-8-13-9-12)15-11-6-4-3-5-10(11)14-2/h3-6,13H,7-9H2,1-2H3. The molecule has 1 heterocycles. The summed E-state index contributed by atoms with van der Waals surface area (Å²) in [6.45, 7) is 4.04. The molecule has 2 rings (SSSR count). The first-order chi connectivity index (χ1) is 7.23. The highest BCUT2D eigenvalue weighted by atomic mass is 16.5. The van der Waals surface area contributed by atoms with Crippen LogP contribution in [0.1, 0.15) is 13.3 Å². The van der Waals surface area contributed by atoms with Crippen molar-refractivity contribution in [3.63, 3.8) is 0 Å². The molecule has 0 radical (unpaired) electrons. The second-order valence-corrected chi connectivity index (χ2v) is 4.13. The molecule has 1 atom stereocenters. The summed E-state index contributed by atoms with van der Waals surface area (Å²) in [7, 11) is 1.66. The van der Waals surface area contributed by atoms with Crippen LogP contribution in [0.25, 0.3) is 0 Å². The first-order valence-electron chi connectivity index (χ1n) is 5.26. The first-order valence-corrected chi connectivity index (χ1v) is 5.26. The summed E-state index contributed by atoms with van der Waals surface area (Å²) in [4.78, 5) is 0. The first kappa shape index (κ1) is 10.3. The molecule has 0 saturated carbocycles. The molecular formula is C12H17NO2. The van der Waals surface area contributed by atoms with Crippen molar-refractivity contribution in [2.75, 3.05) is 20.2 Å². The van der Waals surface area contributed by atoms with E-state index in [0.29, 0.717) is 0 Å². The predicted octanol–water partition coefficient (Wildman–Crippen LogP) is 1.83. The topological polar surface area (TPSA) is 30.5 Å². The van der Waals surface area contributed by atoms with Gasteiger partial charge in [-0.25, -0.2) is 0 Å². The molecule has 0 aromatic heterocycles. The molecule has 0 bridgehead atoms. The molecule has 1 unspecified atom stereocenters. The molecule has 3 heteroatoms. The molecule has 15 heavy (non-hydrogen) atoms. The fourth-order valence-electron chi connectivity index (χ4n) is 1.85. The van der Waals surface area contributed by atoms with E-state index in [1.54, 1.807) is 7.11 Å². The Labute approximate surface area is 90.4 Å². The number of hydrogen-bond donors (Lipinski definition) is 1. The van der Waals surface area contributed by atoms with Crippen LogP contribution in [0.4, 0.5) is 0 Å². The molecule has 1 aliphatic heterocycles. The van der Waals surface area contributed by atoms with Gasteiger partial charge in [0.2, 0.25) is 0 Å². The number of ether oxygens (including phenoxy) is 2. The van der Waals surface area contributed by atoms with E-state index in [1.807, 2.05) is 24.3 Å². The summed E-state index contributed by atoms with van der Waals surface area (Å²) >= 11 is 0. The Morgan fingerprint density at radius 1 is 1.27 bits per heavy atom. The van der Waals surface area contributed by atoms with Gasteiger partial charge in [-0.2, -0.15) is 0 Å². The van der Waals surface area contributed by atoms with Gasteiger partial charge in [0.05, 0.1) is 7.11 Å². The Balaban J connectivity index is 2.16. The summed E-state index contributed by atoms with van der Waals surface area (Å²) in [6.07, 6.45) is 1.03. The molecule has 1 N–H and O–H groups in total. The van der Waals surface area contributed by atoms with Gasteiger partial charge in [0, 0.05) is 13.0 Å². The smallest absolute Gasteiger partial charge is 0.162 e. The highest BCUT2D eigenvalue weighted by molar-refractivity contribution is 5.39. The van der Waals surface area contributed by atoms with Gasteiger partial charge in [-0.3, -0.25) is 0 Å². The lowest BCUT2D eigenvalue weighted by Crippen LogP contribution is -2.34. The molecule has 3 nitrogen and oxygen atoms in total. The molecular weight excluding hydrogens is 190 g/mol. The van der Waals surface area contributed by atoms with Crippen molar-refractivity contribution in [1.82, 2.24) is 5.32 Å². The van der Waals surface area contributed by atoms with E-state index < -0.39 is 0 Å². The van der Waals surface area contributed by atoms with E-state index in [4.69, 9.17) is 9.47 Å². The second-order valence-electron chi connectivity index (χ2n) is 4.13. The van der Waals surface area contributed by atoms with E-state index in [1.165, 1.54) is 0 Å². The van der Waals surface area contributed by atoms with Crippen LogP contribution in [0.3, 0.4) is 0 Å². The van der Waals surface area contributed by atoms with Gasteiger partial charge in [-0.05, 0) is 25.6 Å². The minimum atomic E-state index is -0.103. The van der Waals surface area contributed by atoms with Gasteiger partial charge in [-0.15, -0.1) is 0 Å². The summed E-state index contributed by atoms with van der Waals surface area (Å²) in [5.41, 5.74) is -0.103. The Bertz CT molecular complexity index is 332. The third-order valence-electron chi connectivity index (χ3n) is 2.75. The van der Waals surface area contributed by atoms with Crippen LogP contribution in [0, 0.1) is 0 Å². The predicted molar refractivity (Wildman–Crippen MR) is 59.5 cm³/mol. The Hall–Kier alpha value is -1.22. The van der Waals surface area contributed by atoms with Crippen molar-refractivity contribution in [3.05, 3.63) is 24.3 Å². The maximum atomic E-state index is 6.00. The van der Waals surface area contributed by atoms with Crippen molar-refractivity contribution in [2.45, 2.75) is 18.9 Å². The SMILES string of the molecule is COc1ccccc1OC1(C)CCNC1. The van der Waals surface area contributed by atoms with Crippen LogP contribution in [0.2, 0.25) is 0 Å². The third-order valence-corrected chi connectivity index (χ3v) is 2.75. The van der Waals surface area contributed by atoms with E-state index in [9.17, 15) is 0 Å². The molecule has 1 fully saturated rings. The quantitative estimate of drug-likeness (QED) is 0.820. The van der Waals surface area contributed by atoms with Crippen LogP contribution in [-0.2, 0) is 0 Å². The minimum Gasteiger partial charge on any atom is -0.493 e. The maximum absolute atomic E-state index is 6.00. The van der Waals surface area contributed by atoms with Crippen LogP contribution >= 0.6 is 0 Å². The molecule has 0 aliphatic carbocycles. The van der Waals surface area contributed by atoms with Crippen LogP contribution in [0.5, 0.6) is 11.5 Å². The molecule has 1 aromatic carbocycles. The molecule has 0 amide bonds. The zero-order chi connectivity index (χ0) is 10.7. The van der Waals surface area contributed by atoms with Crippen molar-refractivity contribution >= 4 is 0 Å². The largest absolute Gasteiger partial charge is 0.493 e. The summed E-state index contributed by atoms with van der Waals surface area (Å²) in [6, 6.07) is 7.77. The van der Waals surface area contributed by atoms with E-state index in [2.05, 4.69) is 12.2 Å². The Morgan fingerprint density at radius 3 is 2.60 bits per heavy atom. The molecule has 82 valence electrons. The monoisotopic (exact) mass is 207 g/mol. The average molecular weight is 207 g/mol. The summed E-state index contributed by atoms with van der Waals surface area (Å²) < 4.78 is 11.3. The molecule has 1 saturated heterocycles. The fourth-order valence-corrected chi connectivity index (χ4v) is 1.85. The van der Waals surface area contributed by atoms with Gasteiger partial charge < -0.3 is 14.8 Å². The second kappa shape index (κ2) is 4.11. The van der Waals surface area contributed by atoms with E-state index in [-0.39, 0.29) is 5.60 Å². The fraction of sp³-hybridized carbons (Fsp3) is 0.500. The van der Waals surface area contributed by atoms with Crippen LogP contribution in [-0.4, -0.2) is 25.8 Å². The number of benzene rings is 1. The maximum Gasteiger partial charge on any atom is 0.162 e. The number of rotatable bonds is 3. The van der Waals surface area contributed by atoms with Crippen LogP contribution in [0.15, 0.2) is 24.3 Å². The summed E-state index contributed by atoms with van der Waals surface area (Å²) in [5, 5.41) is 3.30. The Kier molecular flexibility index (Phi) is 2.82. The van der Waals surface area contributed by atoms with Gasteiger partial charge in [0.25, 0.3) is 0 Å². The number of nitrogens with one attached hydrogen (secondary N) is 1. The molecule has 0 spiro atoms. The molecule has 1 aromatic rings. The van der Waals surface area contributed by atoms with Crippen molar-refractivity contribution in [2.24, 2.45) is 0 Å².